The highest BCUT2D eigenvalue weighted by Crippen LogP contribution is 2.20. The van der Waals surface area contributed by atoms with E-state index in [2.05, 4.69) is 5.32 Å². The van der Waals surface area contributed by atoms with Crippen LogP contribution in [0.15, 0.2) is 18.2 Å². The Morgan fingerprint density at radius 1 is 1.53 bits per heavy atom. The SMILES string of the molecule is N#Cc1ccc(O[C@@H]2CCNC2)c(F)c1. The second kappa shape index (κ2) is 4.28. The molecule has 0 amide bonds. The van der Waals surface area contributed by atoms with Crippen molar-refractivity contribution in [1.29, 1.82) is 5.26 Å². The largest absolute Gasteiger partial charge is 0.486 e. The molecule has 1 aromatic carbocycles. The number of halogens is 1. The third kappa shape index (κ3) is 2.25. The fourth-order valence-electron chi connectivity index (χ4n) is 1.57. The second-order valence-electron chi connectivity index (χ2n) is 3.49. The molecule has 78 valence electrons. The number of ether oxygens (including phenoxy) is 1. The Labute approximate surface area is 87.5 Å². The number of nitrogens with one attached hydrogen (secondary N) is 1. The molecule has 1 saturated heterocycles. The summed E-state index contributed by atoms with van der Waals surface area (Å²) in [5.74, 6) is -0.247. The average Bonchev–Trinajstić information content (AvgIpc) is 2.74. The minimum absolute atomic E-state index is 0.0347. The number of hydrogen-bond donors (Lipinski definition) is 1. The summed E-state index contributed by atoms with van der Waals surface area (Å²) in [5, 5.41) is 11.7. The minimum Gasteiger partial charge on any atom is -0.486 e. The van der Waals surface area contributed by atoms with Crippen LogP contribution in [-0.2, 0) is 0 Å². The number of nitriles is 1. The second-order valence-corrected chi connectivity index (χ2v) is 3.49. The minimum atomic E-state index is -0.471. The maximum atomic E-state index is 13.4. The third-order valence-corrected chi connectivity index (χ3v) is 2.37. The van der Waals surface area contributed by atoms with E-state index in [1.54, 1.807) is 6.07 Å². The van der Waals surface area contributed by atoms with Gasteiger partial charge < -0.3 is 10.1 Å². The van der Waals surface area contributed by atoms with Crippen LogP contribution in [0.5, 0.6) is 5.75 Å². The van der Waals surface area contributed by atoms with Crippen LogP contribution in [0.2, 0.25) is 0 Å². The van der Waals surface area contributed by atoms with E-state index >= 15 is 0 Å². The van der Waals surface area contributed by atoms with Gasteiger partial charge in [-0.1, -0.05) is 0 Å². The Hall–Kier alpha value is -1.60. The molecule has 1 aliphatic heterocycles. The van der Waals surface area contributed by atoms with Crippen molar-refractivity contribution >= 4 is 0 Å². The Kier molecular flexibility index (Phi) is 2.84. The Balaban J connectivity index is 2.11. The highest BCUT2D eigenvalue weighted by Gasteiger charge is 2.17. The van der Waals surface area contributed by atoms with Crippen molar-refractivity contribution in [2.24, 2.45) is 0 Å². The van der Waals surface area contributed by atoms with Crippen molar-refractivity contribution in [3.8, 4) is 11.8 Å². The van der Waals surface area contributed by atoms with Gasteiger partial charge >= 0.3 is 0 Å². The maximum absolute atomic E-state index is 13.4. The summed E-state index contributed by atoms with van der Waals surface area (Å²) in [7, 11) is 0. The first-order valence-corrected chi connectivity index (χ1v) is 4.86. The fourth-order valence-corrected chi connectivity index (χ4v) is 1.57. The van der Waals surface area contributed by atoms with E-state index in [1.807, 2.05) is 6.07 Å². The van der Waals surface area contributed by atoms with E-state index in [4.69, 9.17) is 10.00 Å². The van der Waals surface area contributed by atoms with Crippen LogP contribution >= 0.6 is 0 Å². The van der Waals surface area contributed by atoms with Gasteiger partial charge in [0.15, 0.2) is 11.6 Å². The number of rotatable bonds is 2. The van der Waals surface area contributed by atoms with Crippen LogP contribution in [0.3, 0.4) is 0 Å². The smallest absolute Gasteiger partial charge is 0.166 e. The zero-order chi connectivity index (χ0) is 10.7. The molecular formula is C11H11FN2O. The molecule has 1 heterocycles. The molecule has 1 aromatic rings. The lowest BCUT2D eigenvalue weighted by Crippen LogP contribution is -2.20. The van der Waals surface area contributed by atoms with Crippen molar-refractivity contribution in [1.82, 2.24) is 5.32 Å². The van der Waals surface area contributed by atoms with Gasteiger partial charge in [0.25, 0.3) is 0 Å². The normalized spacial score (nSPS) is 19.9. The standard InChI is InChI=1S/C11H11FN2O/c12-10-5-8(6-13)1-2-11(10)15-9-3-4-14-7-9/h1-2,5,9,14H,3-4,7H2/t9-/m1/s1. The van der Waals surface area contributed by atoms with Crippen molar-refractivity contribution in [3.63, 3.8) is 0 Å². The van der Waals surface area contributed by atoms with Gasteiger partial charge in [-0.25, -0.2) is 4.39 Å². The van der Waals surface area contributed by atoms with E-state index in [-0.39, 0.29) is 11.9 Å². The van der Waals surface area contributed by atoms with E-state index < -0.39 is 5.82 Å². The molecule has 0 radical (unpaired) electrons. The van der Waals surface area contributed by atoms with Crippen molar-refractivity contribution in [3.05, 3.63) is 29.6 Å². The van der Waals surface area contributed by atoms with E-state index in [0.717, 1.165) is 19.5 Å². The number of nitrogens with zero attached hydrogens (tertiary/aromatic N) is 1. The molecule has 3 nitrogen and oxygen atoms in total. The fraction of sp³-hybridized carbons (Fsp3) is 0.364. The molecular weight excluding hydrogens is 195 g/mol. The summed E-state index contributed by atoms with van der Waals surface area (Å²) < 4.78 is 18.9. The molecule has 1 aliphatic rings. The lowest BCUT2D eigenvalue weighted by Gasteiger charge is -2.12. The van der Waals surface area contributed by atoms with E-state index in [1.165, 1.54) is 12.1 Å². The Bertz CT molecular complexity index is 394. The summed E-state index contributed by atoms with van der Waals surface area (Å²) >= 11 is 0. The summed E-state index contributed by atoms with van der Waals surface area (Å²) in [6.45, 7) is 1.65. The van der Waals surface area contributed by atoms with Crippen LogP contribution in [0.4, 0.5) is 4.39 Å². The lowest BCUT2D eigenvalue weighted by atomic mass is 10.2. The Morgan fingerprint density at radius 3 is 3.00 bits per heavy atom. The molecule has 2 rings (SSSR count). The van der Waals surface area contributed by atoms with Gasteiger partial charge in [-0.3, -0.25) is 0 Å². The Morgan fingerprint density at radius 2 is 2.40 bits per heavy atom. The predicted octanol–water partition coefficient (Wildman–Crippen LogP) is 1.44. The van der Waals surface area contributed by atoms with E-state index in [9.17, 15) is 4.39 Å². The molecule has 15 heavy (non-hydrogen) atoms. The number of hydrogen-bond acceptors (Lipinski definition) is 3. The van der Waals surface area contributed by atoms with Gasteiger partial charge in [0, 0.05) is 6.54 Å². The van der Waals surface area contributed by atoms with Crippen LogP contribution < -0.4 is 10.1 Å². The van der Waals surface area contributed by atoms with Gasteiger partial charge in [0.1, 0.15) is 6.10 Å². The van der Waals surface area contributed by atoms with Crippen molar-refractivity contribution < 1.29 is 9.13 Å². The van der Waals surface area contributed by atoms with Gasteiger partial charge in [0.2, 0.25) is 0 Å². The summed E-state index contributed by atoms with van der Waals surface area (Å²) in [5.41, 5.74) is 0.310. The first-order chi connectivity index (χ1) is 7.29. The molecule has 0 unspecified atom stereocenters. The van der Waals surface area contributed by atoms with Crippen LogP contribution in [0.1, 0.15) is 12.0 Å². The van der Waals surface area contributed by atoms with Gasteiger partial charge in [-0.15, -0.1) is 0 Å². The monoisotopic (exact) mass is 206 g/mol. The van der Waals surface area contributed by atoms with Crippen molar-refractivity contribution in [2.45, 2.75) is 12.5 Å². The quantitative estimate of drug-likeness (QED) is 0.796. The number of benzene rings is 1. The zero-order valence-corrected chi connectivity index (χ0v) is 8.16. The summed E-state index contributed by atoms with van der Waals surface area (Å²) in [6, 6.07) is 6.14. The molecule has 1 fully saturated rings. The van der Waals surface area contributed by atoms with Gasteiger partial charge in [-0.2, -0.15) is 5.26 Å². The average molecular weight is 206 g/mol. The zero-order valence-electron chi connectivity index (χ0n) is 8.16. The first-order valence-electron chi connectivity index (χ1n) is 4.86. The molecule has 0 aliphatic carbocycles. The molecule has 4 heteroatoms. The van der Waals surface area contributed by atoms with Gasteiger partial charge in [-0.05, 0) is 31.2 Å². The molecule has 0 saturated carbocycles. The topological polar surface area (TPSA) is 45.0 Å². The maximum Gasteiger partial charge on any atom is 0.166 e. The highest BCUT2D eigenvalue weighted by molar-refractivity contribution is 5.36. The highest BCUT2D eigenvalue weighted by atomic mass is 19.1. The summed E-state index contributed by atoms with van der Waals surface area (Å²) in [6.07, 6.45) is 0.923. The molecule has 1 atom stereocenters. The van der Waals surface area contributed by atoms with Crippen LogP contribution in [0, 0.1) is 17.1 Å². The van der Waals surface area contributed by atoms with Gasteiger partial charge in [0.05, 0.1) is 11.6 Å². The molecule has 0 bridgehead atoms. The van der Waals surface area contributed by atoms with Crippen LogP contribution in [0.25, 0.3) is 0 Å². The molecule has 0 aromatic heterocycles. The molecule has 0 spiro atoms. The van der Waals surface area contributed by atoms with Crippen molar-refractivity contribution in [2.75, 3.05) is 13.1 Å². The summed E-state index contributed by atoms with van der Waals surface area (Å²) in [4.78, 5) is 0. The van der Waals surface area contributed by atoms with Crippen LogP contribution in [-0.4, -0.2) is 19.2 Å². The lowest BCUT2D eigenvalue weighted by molar-refractivity contribution is 0.213. The van der Waals surface area contributed by atoms with E-state index in [0.29, 0.717) is 5.56 Å². The molecule has 1 N–H and O–H groups in total. The third-order valence-electron chi connectivity index (χ3n) is 2.37. The first kappa shape index (κ1) is 9.94. The predicted molar refractivity (Wildman–Crippen MR) is 53.0 cm³/mol.